The predicted molar refractivity (Wildman–Crippen MR) is 68.7 cm³/mol. The van der Waals surface area contributed by atoms with Crippen molar-refractivity contribution in [3.8, 4) is 0 Å². The number of hydrogen-bond acceptors (Lipinski definition) is 4. The van der Waals surface area contributed by atoms with E-state index in [0.29, 0.717) is 11.9 Å². The van der Waals surface area contributed by atoms with Gasteiger partial charge in [0.05, 0.1) is 0 Å². The number of nitrogens with one attached hydrogen (secondary N) is 2. The summed E-state index contributed by atoms with van der Waals surface area (Å²) >= 11 is 0. The van der Waals surface area contributed by atoms with E-state index in [0.717, 1.165) is 31.7 Å². The van der Waals surface area contributed by atoms with Gasteiger partial charge in [0.25, 0.3) is 0 Å². The van der Waals surface area contributed by atoms with Crippen LogP contribution in [-0.4, -0.2) is 35.4 Å². The molecule has 96 valence electrons. The maximum absolute atomic E-state index is 11.5. The molecule has 0 atom stereocenters. The average Bonchev–Trinajstić information content (AvgIpc) is 3.01. The molecule has 2 N–H and O–H groups in total. The minimum atomic E-state index is -0.194. The van der Waals surface area contributed by atoms with Gasteiger partial charge in [-0.2, -0.15) is 0 Å². The Kier molecular flexibility index (Phi) is 3.00. The van der Waals surface area contributed by atoms with Crippen molar-refractivity contribution < 1.29 is 4.79 Å². The van der Waals surface area contributed by atoms with Gasteiger partial charge in [0.2, 0.25) is 0 Å². The Balaban J connectivity index is 1.57. The highest BCUT2D eigenvalue weighted by molar-refractivity contribution is 5.88. The number of anilines is 2. The van der Waals surface area contributed by atoms with Crippen LogP contribution in [0.5, 0.6) is 0 Å². The lowest BCUT2D eigenvalue weighted by molar-refractivity contribution is 0.251. The van der Waals surface area contributed by atoms with E-state index in [4.69, 9.17) is 0 Å². The summed E-state index contributed by atoms with van der Waals surface area (Å²) in [6.07, 6.45) is 4.58. The Morgan fingerprint density at radius 3 is 2.61 bits per heavy atom. The molecule has 1 aliphatic carbocycles. The molecule has 0 bridgehead atoms. The summed E-state index contributed by atoms with van der Waals surface area (Å²) in [5.41, 5.74) is 0. The summed E-state index contributed by atoms with van der Waals surface area (Å²) in [6, 6.07) is 3.86. The minimum absolute atomic E-state index is 0.194. The van der Waals surface area contributed by atoms with Crippen LogP contribution in [0.25, 0.3) is 0 Å². The van der Waals surface area contributed by atoms with Gasteiger partial charge in [-0.1, -0.05) is 0 Å². The maximum atomic E-state index is 11.5. The van der Waals surface area contributed by atoms with E-state index in [9.17, 15) is 4.79 Å². The molecule has 2 fully saturated rings. The topological polar surface area (TPSA) is 70.2 Å². The first kappa shape index (κ1) is 11.3. The fraction of sp³-hybridized carbons (Fsp3) is 0.583. The van der Waals surface area contributed by atoms with Crippen LogP contribution in [-0.2, 0) is 0 Å². The number of carbonyl (C=O) groups is 1. The van der Waals surface area contributed by atoms with Crippen molar-refractivity contribution >= 4 is 17.7 Å². The Morgan fingerprint density at radius 2 is 2.00 bits per heavy atom. The monoisotopic (exact) mass is 247 g/mol. The number of nitrogens with zero attached hydrogens (tertiary/aromatic N) is 3. The van der Waals surface area contributed by atoms with Gasteiger partial charge in [-0.05, 0) is 37.8 Å². The second-order valence-corrected chi connectivity index (χ2v) is 4.84. The molecule has 1 aromatic heterocycles. The molecular weight excluding hydrogens is 230 g/mol. The fourth-order valence-corrected chi connectivity index (χ4v) is 2.07. The van der Waals surface area contributed by atoms with Gasteiger partial charge in [0.15, 0.2) is 11.6 Å². The first-order valence-electron chi connectivity index (χ1n) is 6.47. The Morgan fingerprint density at radius 1 is 1.22 bits per heavy atom. The second kappa shape index (κ2) is 4.80. The van der Waals surface area contributed by atoms with Gasteiger partial charge < -0.3 is 10.2 Å². The molecule has 18 heavy (non-hydrogen) atoms. The van der Waals surface area contributed by atoms with Crippen molar-refractivity contribution in [1.82, 2.24) is 15.5 Å². The van der Waals surface area contributed by atoms with Gasteiger partial charge in [-0.3, -0.25) is 5.32 Å². The third kappa shape index (κ3) is 2.69. The van der Waals surface area contributed by atoms with Crippen LogP contribution >= 0.6 is 0 Å². The maximum Gasteiger partial charge on any atom is 0.320 e. The van der Waals surface area contributed by atoms with E-state index >= 15 is 0 Å². The summed E-state index contributed by atoms with van der Waals surface area (Å²) in [5.74, 6) is 1.39. The van der Waals surface area contributed by atoms with Gasteiger partial charge in [0.1, 0.15) is 0 Å². The summed E-state index contributed by atoms with van der Waals surface area (Å²) in [5, 5.41) is 13.7. The lowest BCUT2D eigenvalue weighted by Crippen LogP contribution is -2.30. The molecule has 1 saturated carbocycles. The van der Waals surface area contributed by atoms with Crippen LogP contribution in [0.1, 0.15) is 25.7 Å². The number of amides is 2. The molecule has 0 unspecified atom stereocenters. The molecule has 2 aliphatic rings. The van der Waals surface area contributed by atoms with Crippen molar-refractivity contribution in [2.75, 3.05) is 23.3 Å². The summed E-state index contributed by atoms with van der Waals surface area (Å²) in [4.78, 5) is 13.7. The summed E-state index contributed by atoms with van der Waals surface area (Å²) in [7, 11) is 0. The smallest absolute Gasteiger partial charge is 0.320 e. The van der Waals surface area contributed by atoms with E-state index < -0.39 is 0 Å². The van der Waals surface area contributed by atoms with Crippen molar-refractivity contribution in [3.05, 3.63) is 12.1 Å². The van der Waals surface area contributed by atoms with E-state index in [1.54, 1.807) is 6.07 Å². The average molecular weight is 247 g/mol. The molecule has 2 heterocycles. The van der Waals surface area contributed by atoms with Crippen LogP contribution < -0.4 is 15.5 Å². The lowest BCUT2D eigenvalue weighted by atomic mass is 10.4. The third-order valence-corrected chi connectivity index (χ3v) is 3.23. The number of rotatable bonds is 3. The van der Waals surface area contributed by atoms with Gasteiger partial charge >= 0.3 is 6.03 Å². The molecule has 6 heteroatoms. The SMILES string of the molecule is O=C(Nc1ccc(N2CCCC2)nn1)NC1CC1. The number of aromatic nitrogens is 2. The van der Waals surface area contributed by atoms with E-state index in [-0.39, 0.29) is 6.03 Å². The molecule has 1 saturated heterocycles. The van der Waals surface area contributed by atoms with Gasteiger partial charge in [0, 0.05) is 19.1 Å². The fourth-order valence-electron chi connectivity index (χ4n) is 2.07. The van der Waals surface area contributed by atoms with Gasteiger partial charge in [-0.15, -0.1) is 10.2 Å². The van der Waals surface area contributed by atoms with Gasteiger partial charge in [-0.25, -0.2) is 4.79 Å². The molecule has 0 aromatic carbocycles. The first-order chi connectivity index (χ1) is 8.81. The zero-order valence-corrected chi connectivity index (χ0v) is 10.2. The summed E-state index contributed by atoms with van der Waals surface area (Å²) < 4.78 is 0. The first-order valence-corrected chi connectivity index (χ1v) is 6.47. The Hall–Kier alpha value is -1.85. The lowest BCUT2D eigenvalue weighted by Gasteiger charge is -2.15. The molecule has 1 aliphatic heterocycles. The van der Waals surface area contributed by atoms with E-state index in [1.165, 1.54) is 12.8 Å². The van der Waals surface area contributed by atoms with Crippen molar-refractivity contribution in [2.24, 2.45) is 0 Å². The summed E-state index contributed by atoms with van der Waals surface area (Å²) in [6.45, 7) is 2.09. The highest BCUT2D eigenvalue weighted by atomic mass is 16.2. The van der Waals surface area contributed by atoms with Crippen molar-refractivity contribution in [1.29, 1.82) is 0 Å². The predicted octanol–water partition coefficient (Wildman–Crippen LogP) is 1.36. The van der Waals surface area contributed by atoms with E-state index in [1.807, 2.05) is 6.07 Å². The number of hydrogen-bond donors (Lipinski definition) is 2. The molecule has 1 aromatic rings. The normalized spacial score (nSPS) is 18.8. The van der Waals surface area contributed by atoms with Crippen LogP contribution in [0.2, 0.25) is 0 Å². The van der Waals surface area contributed by atoms with E-state index in [2.05, 4.69) is 25.7 Å². The van der Waals surface area contributed by atoms with Crippen LogP contribution in [0.15, 0.2) is 12.1 Å². The Bertz CT molecular complexity index is 423. The standard InChI is InChI=1S/C12H17N5O/c18-12(13-9-3-4-9)14-10-5-6-11(16-15-10)17-7-1-2-8-17/h5-6,9H,1-4,7-8H2,(H2,13,14,15,18). The zero-order chi connectivity index (χ0) is 12.4. The largest absolute Gasteiger partial charge is 0.355 e. The quantitative estimate of drug-likeness (QED) is 0.846. The molecule has 6 nitrogen and oxygen atoms in total. The third-order valence-electron chi connectivity index (χ3n) is 3.23. The highest BCUT2D eigenvalue weighted by Crippen LogP contribution is 2.19. The molecule has 0 radical (unpaired) electrons. The van der Waals surface area contributed by atoms with Crippen LogP contribution in [0, 0.1) is 0 Å². The molecule has 0 spiro atoms. The minimum Gasteiger partial charge on any atom is -0.355 e. The van der Waals surface area contributed by atoms with Crippen LogP contribution in [0.3, 0.4) is 0 Å². The number of urea groups is 1. The highest BCUT2D eigenvalue weighted by Gasteiger charge is 2.23. The molecule has 2 amide bonds. The van der Waals surface area contributed by atoms with Crippen molar-refractivity contribution in [3.63, 3.8) is 0 Å². The van der Waals surface area contributed by atoms with Crippen LogP contribution in [0.4, 0.5) is 16.4 Å². The number of carbonyl (C=O) groups excluding carboxylic acids is 1. The van der Waals surface area contributed by atoms with Crippen molar-refractivity contribution in [2.45, 2.75) is 31.7 Å². The zero-order valence-electron chi connectivity index (χ0n) is 10.2. The Labute approximate surface area is 106 Å². The molecule has 3 rings (SSSR count). The molecular formula is C12H17N5O. The second-order valence-electron chi connectivity index (χ2n) is 4.84.